The molecule has 0 fully saturated rings. The predicted molar refractivity (Wildman–Crippen MR) is 77.8 cm³/mol. The lowest BCUT2D eigenvalue weighted by Gasteiger charge is -2.26. The number of halogens is 1. The van der Waals surface area contributed by atoms with Gasteiger partial charge >= 0.3 is 0 Å². The van der Waals surface area contributed by atoms with Gasteiger partial charge in [0.25, 0.3) is 0 Å². The van der Waals surface area contributed by atoms with Crippen LogP contribution in [0.3, 0.4) is 0 Å². The summed E-state index contributed by atoms with van der Waals surface area (Å²) < 4.78 is 24.5. The molecule has 20 heavy (non-hydrogen) atoms. The van der Waals surface area contributed by atoms with Crippen molar-refractivity contribution < 1.29 is 13.9 Å². The van der Waals surface area contributed by atoms with Gasteiger partial charge in [0.2, 0.25) is 0 Å². The molecule has 2 rings (SSSR count). The van der Waals surface area contributed by atoms with Crippen molar-refractivity contribution in [3.8, 4) is 5.75 Å². The van der Waals surface area contributed by atoms with Gasteiger partial charge in [-0.15, -0.1) is 0 Å². The number of ether oxygens (including phenoxy) is 2. The van der Waals surface area contributed by atoms with Crippen LogP contribution < -0.4 is 4.74 Å². The minimum atomic E-state index is -0.318. The molecule has 1 aliphatic heterocycles. The Balaban J connectivity index is 2.19. The third-order valence-corrected chi connectivity index (χ3v) is 3.11. The van der Waals surface area contributed by atoms with Crippen molar-refractivity contribution in [1.29, 1.82) is 0 Å². The molecule has 0 N–H and O–H groups in total. The molecule has 106 valence electrons. The van der Waals surface area contributed by atoms with E-state index in [1.807, 2.05) is 30.2 Å². The fourth-order valence-electron chi connectivity index (χ4n) is 1.94. The molecule has 0 spiro atoms. The maximum absolute atomic E-state index is 14.2. The minimum Gasteiger partial charge on any atom is -0.491 e. The zero-order valence-electron chi connectivity index (χ0n) is 11.7. The van der Waals surface area contributed by atoms with Crippen LogP contribution in [-0.2, 0) is 4.74 Å². The third kappa shape index (κ3) is 3.08. The second-order valence-corrected chi connectivity index (χ2v) is 4.44. The van der Waals surface area contributed by atoms with E-state index >= 15 is 0 Å². The van der Waals surface area contributed by atoms with Crippen LogP contribution in [0, 0.1) is 5.82 Å². The van der Waals surface area contributed by atoms with Gasteiger partial charge in [0, 0.05) is 31.5 Å². The standard InChI is InChI=1S/C16H18FNO2/c1-12-5-4-6-16(18(12)2)14-8-7-13(11-15(14)17)20-10-9-19-3/h4-8,11H,1,9-10H2,2-3H3. The molecule has 0 bridgehead atoms. The molecular formula is C16H18FNO2. The van der Waals surface area contributed by atoms with Crippen molar-refractivity contribution in [2.24, 2.45) is 0 Å². The van der Waals surface area contributed by atoms with Crippen molar-refractivity contribution in [3.63, 3.8) is 0 Å². The van der Waals surface area contributed by atoms with Gasteiger partial charge in [-0.2, -0.15) is 0 Å². The number of methoxy groups -OCH3 is 1. The zero-order valence-corrected chi connectivity index (χ0v) is 11.7. The molecule has 0 amide bonds. The smallest absolute Gasteiger partial charge is 0.136 e. The first-order valence-corrected chi connectivity index (χ1v) is 6.36. The molecule has 4 heteroatoms. The molecule has 0 radical (unpaired) electrons. The fraction of sp³-hybridized carbons (Fsp3) is 0.250. The average Bonchev–Trinajstić information content (AvgIpc) is 2.43. The highest BCUT2D eigenvalue weighted by atomic mass is 19.1. The molecule has 1 aromatic carbocycles. The third-order valence-electron chi connectivity index (χ3n) is 3.11. The van der Waals surface area contributed by atoms with Crippen molar-refractivity contribution in [3.05, 3.63) is 60.1 Å². The SMILES string of the molecule is C=C1C=CC=C(c2ccc(OCCOC)cc2F)N1C. The molecule has 0 saturated heterocycles. The van der Waals surface area contributed by atoms with Crippen LogP contribution in [0.1, 0.15) is 5.56 Å². The van der Waals surface area contributed by atoms with E-state index in [-0.39, 0.29) is 5.82 Å². The van der Waals surface area contributed by atoms with E-state index in [0.29, 0.717) is 24.5 Å². The topological polar surface area (TPSA) is 21.7 Å². The first-order chi connectivity index (χ1) is 9.63. The van der Waals surface area contributed by atoms with Gasteiger partial charge in [-0.1, -0.05) is 12.7 Å². The summed E-state index contributed by atoms with van der Waals surface area (Å²) >= 11 is 0. The van der Waals surface area contributed by atoms with Crippen LogP contribution in [-0.4, -0.2) is 32.3 Å². The van der Waals surface area contributed by atoms with E-state index < -0.39 is 0 Å². The summed E-state index contributed by atoms with van der Waals surface area (Å²) in [6.07, 6.45) is 5.60. The normalized spacial score (nSPS) is 14.4. The van der Waals surface area contributed by atoms with Gasteiger partial charge in [0.05, 0.1) is 12.3 Å². The first-order valence-electron chi connectivity index (χ1n) is 6.36. The molecule has 0 aromatic heterocycles. The summed E-state index contributed by atoms with van der Waals surface area (Å²) in [6, 6.07) is 4.86. The van der Waals surface area contributed by atoms with Crippen LogP contribution in [0.5, 0.6) is 5.75 Å². The molecule has 0 atom stereocenters. The number of nitrogens with zero attached hydrogens (tertiary/aromatic N) is 1. The molecular weight excluding hydrogens is 257 g/mol. The number of benzene rings is 1. The average molecular weight is 275 g/mol. The highest BCUT2D eigenvalue weighted by Gasteiger charge is 2.15. The Labute approximate surface area is 118 Å². The molecule has 1 heterocycles. The Hall–Kier alpha value is -2.07. The second-order valence-electron chi connectivity index (χ2n) is 4.44. The zero-order chi connectivity index (χ0) is 14.5. The van der Waals surface area contributed by atoms with E-state index in [1.54, 1.807) is 19.2 Å². The maximum Gasteiger partial charge on any atom is 0.136 e. The summed E-state index contributed by atoms with van der Waals surface area (Å²) in [5.41, 5.74) is 2.12. The predicted octanol–water partition coefficient (Wildman–Crippen LogP) is 3.21. The second kappa shape index (κ2) is 6.39. The molecule has 0 unspecified atom stereocenters. The molecule has 0 aliphatic carbocycles. The van der Waals surface area contributed by atoms with Gasteiger partial charge < -0.3 is 14.4 Å². The number of hydrogen-bond acceptors (Lipinski definition) is 3. The lowest BCUT2D eigenvalue weighted by molar-refractivity contribution is 0.146. The lowest BCUT2D eigenvalue weighted by atomic mass is 10.1. The van der Waals surface area contributed by atoms with E-state index in [1.165, 1.54) is 6.07 Å². The van der Waals surface area contributed by atoms with E-state index in [9.17, 15) is 4.39 Å². The summed E-state index contributed by atoms with van der Waals surface area (Å²) in [4.78, 5) is 1.85. The van der Waals surface area contributed by atoms with Gasteiger partial charge in [-0.25, -0.2) is 4.39 Å². The van der Waals surface area contributed by atoms with Crippen molar-refractivity contribution in [2.45, 2.75) is 0 Å². The van der Waals surface area contributed by atoms with Gasteiger partial charge in [0.15, 0.2) is 0 Å². The quantitative estimate of drug-likeness (QED) is 0.770. The first kappa shape index (κ1) is 14.3. The van der Waals surface area contributed by atoms with Crippen molar-refractivity contribution in [1.82, 2.24) is 4.90 Å². The number of rotatable bonds is 5. The largest absolute Gasteiger partial charge is 0.491 e. The highest BCUT2D eigenvalue weighted by Crippen LogP contribution is 2.29. The summed E-state index contributed by atoms with van der Waals surface area (Å²) in [5, 5.41) is 0. The number of allylic oxidation sites excluding steroid dienone is 3. The molecule has 0 saturated carbocycles. The van der Waals surface area contributed by atoms with E-state index in [4.69, 9.17) is 9.47 Å². The van der Waals surface area contributed by atoms with E-state index in [0.717, 1.165) is 11.4 Å². The summed E-state index contributed by atoms with van der Waals surface area (Å²) in [5.74, 6) is 0.179. The molecule has 3 nitrogen and oxygen atoms in total. The van der Waals surface area contributed by atoms with Gasteiger partial charge in [-0.05, 0) is 24.3 Å². The Morgan fingerprint density at radius 2 is 2.10 bits per heavy atom. The fourth-order valence-corrected chi connectivity index (χ4v) is 1.94. The van der Waals surface area contributed by atoms with Crippen LogP contribution in [0.4, 0.5) is 4.39 Å². The van der Waals surface area contributed by atoms with E-state index in [2.05, 4.69) is 6.58 Å². The Kier molecular flexibility index (Phi) is 4.58. The summed E-state index contributed by atoms with van der Waals surface area (Å²) in [6.45, 7) is 4.78. The van der Waals surface area contributed by atoms with Gasteiger partial charge in [0.1, 0.15) is 18.2 Å². The van der Waals surface area contributed by atoms with Crippen LogP contribution in [0.15, 0.2) is 48.7 Å². The Morgan fingerprint density at radius 1 is 1.30 bits per heavy atom. The van der Waals surface area contributed by atoms with Crippen LogP contribution in [0.2, 0.25) is 0 Å². The number of hydrogen-bond donors (Lipinski definition) is 0. The molecule has 1 aliphatic rings. The van der Waals surface area contributed by atoms with Crippen LogP contribution >= 0.6 is 0 Å². The monoisotopic (exact) mass is 275 g/mol. The highest BCUT2D eigenvalue weighted by molar-refractivity contribution is 5.70. The number of likely N-dealkylation sites (N-methyl/N-ethyl adjacent to an activating group) is 1. The lowest BCUT2D eigenvalue weighted by Crippen LogP contribution is -2.17. The molecule has 1 aromatic rings. The van der Waals surface area contributed by atoms with Gasteiger partial charge in [-0.3, -0.25) is 0 Å². The van der Waals surface area contributed by atoms with Crippen LogP contribution in [0.25, 0.3) is 5.70 Å². The minimum absolute atomic E-state index is 0.318. The van der Waals surface area contributed by atoms with Crippen molar-refractivity contribution in [2.75, 3.05) is 27.4 Å². The Morgan fingerprint density at radius 3 is 2.80 bits per heavy atom. The summed E-state index contributed by atoms with van der Waals surface area (Å²) in [7, 11) is 3.46. The Bertz CT molecular complexity index is 564. The van der Waals surface area contributed by atoms with Crippen molar-refractivity contribution >= 4 is 5.70 Å². The maximum atomic E-state index is 14.2.